The fourth-order valence-electron chi connectivity index (χ4n) is 6.17. The van der Waals surface area contributed by atoms with Crippen LogP contribution in [-0.4, -0.2) is 29.0 Å². The second kappa shape index (κ2) is 12.5. The third-order valence-electron chi connectivity index (χ3n) is 8.81. The Morgan fingerprint density at radius 2 is 1.17 bits per heavy atom. The highest BCUT2D eigenvalue weighted by Crippen LogP contribution is 2.43. The predicted molar refractivity (Wildman–Crippen MR) is 199 cm³/mol. The van der Waals surface area contributed by atoms with Gasteiger partial charge in [-0.2, -0.15) is 5.26 Å². The van der Waals surface area contributed by atoms with E-state index in [1.54, 1.807) is 68.4 Å². The molecule has 0 fully saturated rings. The van der Waals surface area contributed by atoms with Crippen molar-refractivity contribution in [3.63, 3.8) is 0 Å². The van der Waals surface area contributed by atoms with Gasteiger partial charge in [-0.25, -0.2) is 14.8 Å². The molecule has 0 bridgehead atoms. The number of nitrogens with zero attached hydrogens (tertiary/aromatic N) is 10. The number of benzene rings is 4. The van der Waals surface area contributed by atoms with Gasteiger partial charge < -0.3 is 10.2 Å². The molecule has 0 saturated carbocycles. The summed E-state index contributed by atoms with van der Waals surface area (Å²) in [7, 11) is 0. The maximum Gasteiger partial charge on any atom is 0.234 e. The lowest BCUT2D eigenvalue weighted by atomic mass is 10.1. The second-order valence-electron chi connectivity index (χ2n) is 11.8. The first-order chi connectivity index (χ1) is 25.2. The molecule has 2 N–H and O–H groups in total. The lowest BCUT2D eigenvalue weighted by Gasteiger charge is -2.10. The molecule has 8 aromatic rings. The van der Waals surface area contributed by atoms with Crippen molar-refractivity contribution < 1.29 is 10.2 Å². The molecule has 52 heavy (non-hydrogen) atoms. The minimum absolute atomic E-state index is 0.121. The number of nitriles is 1. The summed E-state index contributed by atoms with van der Waals surface area (Å²) < 4.78 is 2.98. The smallest absolute Gasteiger partial charge is 0.234 e. The summed E-state index contributed by atoms with van der Waals surface area (Å²) in [4.78, 5) is 12.7. The van der Waals surface area contributed by atoms with Crippen molar-refractivity contribution in [3.05, 3.63) is 123 Å². The number of azo groups is 2. The van der Waals surface area contributed by atoms with Crippen LogP contribution in [-0.2, 0) is 0 Å². The molecule has 4 aromatic carbocycles. The van der Waals surface area contributed by atoms with E-state index >= 15 is 0 Å². The SMILES string of the molecule is [C-]#[N+]c1c(C)c(N=Nc2ccc(-c3ccc(N=Nc4c(C)c(C#N)c5nc6ccccc6n5c4O)c(Cl)c3)cc2Cl)c(O)n2c1nc1ccccc12. The summed E-state index contributed by atoms with van der Waals surface area (Å²) in [5.41, 5.74) is 7.00. The number of aromatic hydroxyl groups is 2. The molecule has 8 rings (SSSR count). The zero-order chi connectivity index (χ0) is 36.3. The molecule has 0 spiro atoms. The van der Waals surface area contributed by atoms with E-state index in [4.69, 9.17) is 29.8 Å². The molecule has 14 heteroatoms. The van der Waals surface area contributed by atoms with Crippen molar-refractivity contribution in [2.45, 2.75) is 13.8 Å². The van der Waals surface area contributed by atoms with E-state index < -0.39 is 0 Å². The van der Waals surface area contributed by atoms with E-state index in [1.165, 1.54) is 8.80 Å². The summed E-state index contributed by atoms with van der Waals surface area (Å²) in [6, 6.07) is 27.1. The van der Waals surface area contributed by atoms with Gasteiger partial charge >= 0.3 is 0 Å². The lowest BCUT2D eigenvalue weighted by Crippen LogP contribution is -1.95. The van der Waals surface area contributed by atoms with Gasteiger partial charge in [0.2, 0.25) is 17.4 Å². The molecule has 4 aromatic heterocycles. The number of rotatable bonds is 5. The summed E-state index contributed by atoms with van der Waals surface area (Å²) in [5.74, 6) is -0.389. The molecular weight excluding hydrogens is 699 g/mol. The van der Waals surface area contributed by atoms with Crippen LogP contribution in [0, 0.1) is 31.8 Å². The molecule has 0 radical (unpaired) electrons. The first kappa shape index (κ1) is 32.4. The van der Waals surface area contributed by atoms with Gasteiger partial charge in [-0.3, -0.25) is 8.80 Å². The minimum Gasteiger partial charge on any atom is -0.493 e. The minimum atomic E-state index is -0.198. The fourth-order valence-corrected chi connectivity index (χ4v) is 6.61. The van der Waals surface area contributed by atoms with E-state index in [0.29, 0.717) is 60.9 Å². The van der Waals surface area contributed by atoms with Crippen LogP contribution in [0.2, 0.25) is 10.0 Å². The zero-order valence-corrected chi connectivity index (χ0v) is 28.7. The van der Waals surface area contributed by atoms with Crippen LogP contribution in [0.15, 0.2) is 105 Å². The molecule has 0 amide bonds. The van der Waals surface area contributed by atoms with Crippen LogP contribution in [0.25, 0.3) is 49.3 Å². The van der Waals surface area contributed by atoms with E-state index in [-0.39, 0.29) is 39.4 Å². The molecule has 0 aliphatic heterocycles. The van der Waals surface area contributed by atoms with Gasteiger partial charge in [0, 0.05) is 5.56 Å². The summed E-state index contributed by atoms with van der Waals surface area (Å²) in [6.07, 6.45) is 0. The van der Waals surface area contributed by atoms with E-state index in [9.17, 15) is 15.5 Å². The van der Waals surface area contributed by atoms with E-state index in [0.717, 1.165) is 11.1 Å². The average molecular weight is 722 g/mol. The first-order valence-corrected chi connectivity index (χ1v) is 16.4. The highest BCUT2D eigenvalue weighted by molar-refractivity contribution is 6.34. The molecule has 0 atom stereocenters. The van der Waals surface area contributed by atoms with Crippen LogP contribution in [0.1, 0.15) is 16.7 Å². The number of hydrogen-bond acceptors (Lipinski definition) is 9. The van der Waals surface area contributed by atoms with E-state index in [2.05, 4.69) is 41.3 Å². The summed E-state index contributed by atoms with van der Waals surface area (Å²) >= 11 is 13.3. The maximum absolute atomic E-state index is 11.2. The van der Waals surface area contributed by atoms with Crippen LogP contribution in [0.3, 0.4) is 0 Å². The quantitative estimate of drug-likeness (QED) is 0.134. The molecular formula is C38H22Cl2N10O2. The number of aromatic nitrogens is 4. The number of hydrogen-bond donors (Lipinski definition) is 2. The highest BCUT2D eigenvalue weighted by Gasteiger charge is 2.22. The molecule has 0 saturated heterocycles. The Labute approximate surface area is 304 Å². The second-order valence-corrected chi connectivity index (χ2v) is 12.6. The fraction of sp³-hybridized carbons (Fsp3) is 0.0526. The molecule has 12 nitrogen and oxygen atoms in total. The van der Waals surface area contributed by atoms with Crippen LogP contribution >= 0.6 is 23.2 Å². The largest absolute Gasteiger partial charge is 0.493 e. The number of pyridine rings is 2. The lowest BCUT2D eigenvalue weighted by molar-refractivity contribution is 0.448. The summed E-state index contributed by atoms with van der Waals surface area (Å²) in [5, 5.41) is 50.2. The van der Waals surface area contributed by atoms with Gasteiger partial charge in [0.15, 0.2) is 11.3 Å². The van der Waals surface area contributed by atoms with Crippen molar-refractivity contribution in [2.75, 3.05) is 0 Å². The molecule has 0 unspecified atom stereocenters. The van der Waals surface area contributed by atoms with Crippen LogP contribution in [0.5, 0.6) is 11.8 Å². The Morgan fingerprint density at radius 1 is 0.692 bits per heavy atom. The Balaban J connectivity index is 1.10. The van der Waals surface area contributed by atoms with Crippen molar-refractivity contribution in [1.82, 2.24) is 18.8 Å². The molecule has 250 valence electrons. The van der Waals surface area contributed by atoms with Crippen molar-refractivity contribution in [1.29, 1.82) is 5.26 Å². The van der Waals surface area contributed by atoms with Crippen molar-refractivity contribution in [3.8, 4) is 29.0 Å². The van der Waals surface area contributed by atoms with Gasteiger partial charge in [0.05, 0.1) is 38.7 Å². The Morgan fingerprint density at radius 3 is 1.67 bits per heavy atom. The van der Waals surface area contributed by atoms with Crippen molar-refractivity contribution >= 4 is 85.0 Å². The topological polar surface area (TPSA) is 153 Å². The van der Waals surface area contributed by atoms with Gasteiger partial charge in [-0.05, 0) is 79.1 Å². The first-order valence-electron chi connectivity index (χ1n) is 15.7. The van der Waals surface area contributed by atoms with Gasteiger partial charge in [0.25, 0.3) is 0 Å². The molecule has 0 aliphatic rings. The van der Waals surface area contributed by atoms with Crippen molar-refractivity contribution in [2.24, 2.45) is 20.5 Å². The van der Waals surface area contributed by atoms with Gasteiger partial charge in [0.1, 0.15) is 34.3 Å². The van der Waals surface area contributed by atoms with Gasteiger partial charge in [-0.1, -0.05) is 59.6 Å². The Kier molecular flexibility index (Phi) is 7.76. The monoisotopic (exact) mass is 720 g/mol. The predicted octanol–water partition coefficient (Wildman–Crippen LogP) is 11.5. The molecule has 0 aliphatic carbocycles. The standard InChI is InChI=1S/C38H22Cl2N10O2/c1-19-23(18-41)35-43-28-8-4-6-10-30(28)49(35)37(51)33(19)47-45-26-14-12-21(16-24(26)39)22-13-15-27(25(40)17-22)46-48-34-20(2)32(42-3)36-44-29-9-5-7-11-31(29)50(36)38(34)52/h4-17,51-52H,1-2H3. The third kappa shape index (κ3) is 5.05. The number of imidazole rings is 2. The number of fused-ring (bicyclic) bond motifs is 6. The number of halogens is 2. The average Bonchev–Trinajstić information content (AvgIpc) is 3.72. The zero-order valence-electron chi connectivity index (χ0n) is 27.2. The van der Waals surface area contributed by atoms with E-state index in [1.807, 2.05) is 30.3 Å². The highest BCUT2D eigenvalue weighted by atomic mass is 35.5. The van der Waals surface area contributed by atoms with Crippen LogP contribution in [0.4, 0.5) is 28.4 Å². The Hall–Kier alpha value is -6.86. The van der Waals surface area contributed by atoms with Crippen LogP contribution < -0.4 is 0 Å². The Bertz CT molecular complexity index is 2770. The number of para-hydroxylation sites is 4. The molecule has 4 heterocycles. The maximum atomic E-state index is 11.2. The normalized spacial score (nSPS) is 11.8. The third-order valence-corrected chi connectivity index (χ3v) is 9.42. The summed E-state index contributed by atoms with van der Waals surface area (Å²) in [6.45, 7) is 11.1. The van der Waals surface area contributed by atoms with Gasteiger partial charge in [-0.15, -0.1) is 20.5 Å².